The first-order valence-corrected chi connectivity index (χ1v) is 10.5. The number of guanidine groups is 1. The zero-order valence-corrected chi connectivity index (χ0v) is 17.2. The molecule has 0 saturated carbocycles. The maximum Gasteiger partial charge on any atom is 0.259 e. The fraction of sp³-hybridized carbons (Fsp3) is 0.231. The first-order valence-electron chi connectivity index (χ1n) is 10.5. The number of aliphatic imine (C=N–C) groups is 1. The number of carbonyl (C=O) groups excluding carboxylic acids is 1. The molecule has 0 spiro atoms. The maximum absolute atomic E-state index is 13.5. The van der Waals surface area contributed by atoms with Crippen LogP contribution < -0.4 is 4.90 Å². The van der Waals surface area contributed by atoms with Crippen LogP contribution in [0, 0.1) is 6.92 Å². The second kappa shape index (κ2) is 7.79. The highest BCUT2D eigenvalue weighted by molar-refractivity contribution is 6.22. The van der Waals surface area contributed by atoms with Crippen molar-refractivity contribution in [1.29, 1.82) is 0 Å². The lowest BCUT2D eigenvalue weighted by molar-refractivity contribution is -0.118. The van der Waals surface area contributed by atoms with Gasteiger partial charge in [-0.1, -0.05) is 66.7 Å². The molecule has 2 aliphatic rings. The predicted molar refractivity (Wildman–Crippen MR) is 121 cm³/mol. The minimum atomic E-state index is -0.389. The average Bonchev–Trinajstić information content (AvgIpc) is 3.10. The number of hydrogen-bond donors (Lipinski definition) is 0. The number of hydrogen-bond acceptors (Lipinski definition) is 3. The fourth-order valence-electron chi connectivity index (χ4n) is 4.37. The number of fused-ring (bicyclic) bond motifs is 1. The molecule has 0 fully saturated rings. The van der Waals surface area contributed by atoms with E-state index in [1.807, 2.05) is 35.2 Å². The number of aryl methyl sites for hydroxylation is 1. The lowest BCUT2D eigenvalue weighted by Crippen LogP contribution is -2.46. The third-order valence-electron chi connectivity index (χ3n) is 5.92. The van der Waals surface area contributed by atoms with Gasteiger partial charge in [0.1, 0.15) is 6.04 Å². The normalized spacial score (nSPS) is 18.4. The molecule has 0 radical (unpaired) electrons. The monoisotopic (exact) mass is 395 g/mol. The Morgan fingerprint density at radius 2 is 1.70 bits per heavy atom. The molecule has 0 N–H and O–H groups in total. The van der Waals surface area contributed by atoms with Gasteiger partial charge in [-0.05, 0) is 47.7 Å². The molecule has 30 heavy (non-hydrogen) atoms. The van der Waals surface area contributed by atoms with Gasteiger partial charge in [0.2, 0.25) is 5.96 Å². The second-order valence-corrected chi connectivity index (χ2v) is 8.09. The molecule has 3 aromatic carbocycles. The maximum atomic E-state index is 13.5. The van der Waals surface area contributed by atoms with Gasteiger partial charge in [0.25, 0.3) is 5.91 Å². The van der Waals surface area contributed by atoms with Gasteiger partial charge >= 0.3 is 0 Å². The quantitative estimate of drug-likeness (QED) is 0.660. The first kappa shape index (κ1) is 18.6. The summed E-state index contributed by atoms with van der Waals surface area (Å²) in [4.78, 5) is 22.6. The van der Waals surface area contributed by atoms with Gasteiger partial charge in [-0.15, -0.1) is 0 Å². The van der Waals surface area contributed by atoms with E-state index in [0.717, 1.165) is 42.3 Å². The van der Waals surface area contributed by atoms with E-state index in [4.69, 9.17) is 4.99 Å². The minimum Gasteiger partial charge on any atom is -0.337 e. The molecular formula is C26H25N3O. The molecule has 5 rings (SSSR count). The summed E-state index contributed by atoms with van der Waals surface area (Å²) in [5, 5.41) is 0. The highest BCUT2D eigenvalue weighted by atomic mass is 16.2. The van der Waals surface area contributed by atoms with E-state index in [2.05, 4.69) is 60.4 Å². The van der Waals surface area contributed by atoms with Gasteiger partial charge in [0.05, 0.1) is 5.69 Å². The topological polar surface area (TPSA) is 35.9 Å². The molecule has 0 bridgehead atoms. The van der Waals surface area contributed by atoms with Crippen LogP contribution in [0.25, 0.3) is 0 Å². The van der Waals surface area contributed by atoms with Crippen molar-refractivity contribution in [3.63, 3.8) is 0 Å². The summed E-state index contributed by atoms with van der Waals surface area (Å²) in [5.41, 5.74) is 5.87. The molecular weight excluding hydrogens is 370 g/mol. The minimum absolute atomic E-state index is 0.0540. The Balaban J connectivity index is 1.50. The third-order valence-corrected chi connectivity index (χ3v) is 5.92. The van der Waals surface area contributed by atoms with Crippen molar-refractivity contribution in [3.05, 3.63) is 101 Å². The molecule has 0 aromatic heterocycles. The highest BCUT2D eigenvalue weighted by Gasteiger charge is 2.39. The van der Waals surface area contributed by atoms with E-state index in [-0.39, 0.29) is 11.9 Å². The lowest BCUT2D eigenvalue weighted by atomic mass is 10.0. The van der Waals surface area contributed by atoms with Gasteiger partial charge < -0.3 is 4.90 Å². The van der Waals surface area contributed by atoms with Gasteiger partial charge in [-0.25, -0.2) is 9.89 Å². The number of amides is 1. The average molecular weight is 396 g/mol. The Kier molecular flexibility index (Phi) is 4.83. The summed E-state index contributed by atoms with van der Waals surface area (Å²) < 4.78 is 0. The van der Waals surface area contributed by atoms with Crippen molar-refractivity contribution in [3.8, 4) is 0 Å². The van der Waals surface area contributed by atoms with Crippen molar-refractivity contribution in [1.82, 2.24) is 4.90 Å². The third kappa shape index (κ3) is 3.50. The Bertz CT molecular complexity index is 1110. The Labute approximate surface area is 177 Å². The van der Waals surface area contributed by atoms with E-state index in [9.17, 15) is 4.79 Å². The van der Waals surface area contributed by atoms with E-state index >= 15 is 0 Å². The summed E-state index contributed by atoms with van der Waals surface area (Å²) in [6.07, 6.45) is 1.59. The second-order valence-electron chi connectivity index (χ2n) is 8.09. The molecule has 150 valence electrons. The fourth-order valence-corrected chi connectivity index (χ4v) is 4.37. The molecule has 0 saturated heterocycles. The number of carbonyl (C=O) groups is 1. The highest BCUT2D eigenvalue weighted by Crippen LogP contribution is 2.28. The molecule has 2 heterocycles. The Hall–Kier alpha value is -3.40. The summed E-state index contributed by atoms with van der Waals surface area (Å²) in [6, 6.07) is 26.5. The standard InChI is InChI=1S/C26H25N3O/c1-19-8-7-13-23(16-19)29-25(30)24(17-20-9-3-2-4-10-20)27-26(29)28-15-14-21-11-5-6-12-22(21)18-28/h2-13,16,24H,14-15,17-18H2,1H3. The van der Waals surface area contributed by atoms with E-state index in [0.29, 0.717) is 6.42 Å². The predicted octanol–water partition coefficient (Wildman–Crippen LogP) is 4.37. The van der Waals surface area contributed by atoms with Crippen molar-refractivity contribution in [2.75, 3.05) is 11.4 Å². The Morgan fingerprint density at radius 3 is 2.50 bits per heavy atom. The van der Waals surface area contributed by atoms with Crippen LogP contribution in [0.3, 0.4) is 0 Å². The van der Waals surface area contributed by atoms with Crippen molar-refractivity contribution >= 4 is 17.6 Å². The molecule has 4 heteroatoms. The SMILES string of the molecule is Cc1cccc(N2C(=O)C(Cc3ccccc3)N=C2N2CCc3ccccc3C2)c1. The number of benzene rings is 3. The number of rotatable bonds is 3. The zero-order valence-electron chi connectivity index (χ0n) is 17.2. The van der Waals surface area contributed by atoms with Crippen LogP contribution in [0.15, 0.2) is 83.9 Å². The largest absolute Gasteiger partial charge is 0.337 e. The van der Waals surface area contributed by atoms with E-state index < -0.39 is 0 Å². The van der Waals surface area contributed by atoms with Crippen molar-refractivity contribution in [2.24, 2.45) is 4.99 Å². The van der Waals surface area contributed by atoms with Crippen LogP contribution in [-0.4, -0.2) is 29.4 Å². The van der Waals surface area contributed by atoms with Crippen LogP contribution >= 0.6 is 0 Å². The number of anilines is 1. The molecule has 4 nitrogen and oxygen atoms in total. The van der Waals surface area contributed by atoms with Crippen LogP contribution in [0.1, 0.15) is 22.3 Å². The molecule has 1 unspecified atom stereocenters. The smallest absolute Gasteiger partial charge is 0.259 e. The molecule has 2 aliphatic heterocycles. The van der Waals surface area contributed by atoms with Gasteiger partial charge in [0, 0.05) is 19.5 Å². The van der Waals surface area contributed by atoms with Crippen molar-refractivity contribution in [2.45, 2.75) is 32.4 Å². The summed E-state index contributed by atoms with van der Waals surface area (Å²) in [5.74, 6) is 0.833. The lowest BCUT2D eigenvalue weighted by Gasteiger charge is -2.33. The zero-order chi connectivity index (χ0) is 20.5. The number of nitrogens with zero attached hydrogens (tertiary/aromatic N) is 3. The molecule has 3 aromatic rings. The molecule has 1 amide bonds. The van der Waals surface area contributed by atoms with Crippen molar-refractivity contribution < 1.29 is 4.79 Å². The Morgan fingerprint density at radius 1 is 0.933 bits per heavy atom. The van der Waals surface area contributed by atoms with Crippen LogP contribution in [-0.2, 0) is 24.2 Å². The van der Waals surface area contributed by atoms with Gasteiger partial charge in [-0.2, -0.15) is 0 Å². The van der Waals surface area contributed by atoms with Crippen LogP contribution in [0.4, 0.5) is 5.69 Å². The molecule has 1 atom stereocenters. The van der Waals surface area contributed by atoms with Gasteiger partial charge in [-0.3, -0.25) is 4.79 Å². The van der Waals surface area contributed by atoms with Gasteiger partial charge in [0.15, 0.2) is 0 Å². The summed E-state index contributed by atoms with van der Waals surface area (Å²) in [6.45, 7) is 3.70. The summed E-state index contributed by atoms with van der Waals surface area (Å²) >= 11 is 0. The van der Waals surface area contributed by atoms with E-state index in [1.165, 1.54) is 11.1 Å². The summed E-state index contributed by atoms with van der Waals surface area (Å²) in [7, 11) is 0. The van der Waals surface area contributed by atoms with Crippen LogP contribution in [0.2, 0.25) is 0 Å². The molecule has 0 aliphatic carbocycles. The van der Waals surface area contributed by atoms with E-state index in [1.54, 1.807) is 0 Å². The first-order chi connectivity index (χ1) is 14.7. The van der Waals surface area contributed by atoms with Crippen LogP contribution in [0.5, 0.6) is 0 Å².